The van der Waals surface area contributed by atoms with E-state index in [9.17, 15) is 4.79 Å². The first kappa shape index (κ1) is 15.2. The lowest BCUT2D eigenvalue weighted by molar-refractivity contribution is 0.0945. The number of hydrazone groups is 1. The maximum Gasteiger partial charge on any atom is 0.290 e. The predicted molar refractivity (Wildman–Crippen MR) is 87.0 cm³/mol. The quantitative estimate of drug-likeness (QED) is 0.683. The number of allylic oxidation sites excluding steroid dienone is 1. The molecule has 0 spiro atoms. The van der Waals surface area contributed by atoms with Gasteiger partial charge in [0.1, 0.15) is 5.69 Å². The summed E-state index contributed by atoms with van der Waals surface area (Å²) in [4.78, 5) is 12.0. The predicted octanol–water partition coefficient (Wildman–Crippen LogP) is 3.00. The van der Waals surface area contributed by atoms with Crippen molar-refractivity contribution >= 4 is 34.1 Å². The van der Waals surface area contributed by atoms with Crippen molar-refractivity contribution in [3.05, 3.63) is 57.8 Å². The third-order valence-corrected chi connectivity index (χ3v) is 3.32. The lowest BCUT2D eigenvalue weighted by Gasteiger charge is -2.01. The van der Waals surface area contributed by atoms with Crippen molar-refractivity contribution in [2.24, 2.45) is 12.1 Å². The molecule has 2 aromatic rings. The number of hydrogen-bond acceptors (Lipinski definition) is 3. The largest absolute Gasteiger partial charge is 0.290 e. The van der Waals surface area contributed by atoms with E-state index < -0.39 is 0 Å². The van der Waals surface area contributed by atoms with Gasteiger partial charge in [-0.15, -0.1) is 0 Å². The Morgan fingerprint density at radius 1 is 1.38 bits per heavy atom. The smallest absolute Gasteiger partial charge is 0.266 e. The van der Waals surface area contributed by atoms with Crippen LogP contribution in [-0.4, -0.2) is 21.9 Å². The Kier molecular flexibility index (Phi) is 5.05. The van der Waals surface area contributed by atoms with E-state index in [-0.39, 0.29) is 5.91 Å². The third kappa shape index (κ3) is 4.13. The van der Waals surface area contributed by atoms with Gasteiger partial charge < -0.3 is 0 Å². The molecule has 21 heavy (non-hydrogen) atoms. The molecule has 0 bridgehead atoms. The fourth-order valence-electron chi connectivity index (χ4n) is 1.76. The number of aromatic nitrogens is 2. The molecular formula is C15H15BrN4O. The summed E-state index contributed by atoms with van der Waals surface area (Å²) in [5.74, 6) is -0.314. The number of rotatable bonds is 4. The summed E-state index contributed by atoms with van der Waals surface area (Å²) in [5.41, 5.74) is 4.93. The number of nitrogens with zero attached hydrogens (tertiary/aromatic N) is 3. The zero-order valence-electron chi connectivity index (χ0n) is 11.7. The fraction of sp³-hybridized carbons (Fsp3) is 0.133. The lowest BCUT2D eigenvalue weighted by Crippen LogP contribution is -2.21. The van der Waals surface area contributed by atoms with Gasteiger partial charge in [0.15, 0.2) is 0 Å². The number of halogens is 1. The first-order valence-electron chi connectivity index (χ1n) is 6.32. The molecule has 0 aliphatic carbocycles. The molecule has 0 unspecified atom stereocenters. The first-order chi connectivity index (χ1) is 10.1. The number of nitrogens with one attached hydrogen (secondary N) is 1. The number of hydrogen-bond donors (Lipinski definition) is 1. The van der Waals surface area contributed by atoms with Gasteiger partial charge in [0.25, 0.3) is 5.91 Å². The lowest BCUT2D eigenvalue weighted by atomic mass is 10.1. The maximum atomic E-state index is 12.0. The number of carbonyl (C=O) groups excluding carboxylic acids is 1. The average molecular weight is 347 g/mol. The van der Waals surface area contributed by atoms with Crippen LogP contribution in [0.4, 0.5) is 0 Å². The van der Waals surface area contributed by atoms with Crippen molar-refractivity contribution in [2.75, 3.05) is 0 Å². The van der Waals surface area contributed by atoms with Crippen LogP contribution in [0.15, 0.2) is 51.7 Å². The molecule has 1 aromatic carbocycles. The first-order valence-corrected chi connectivity index (χ1v) is 7.11. The van der Waals surface area contributed by atoms with Gasteiger partial charge in [0.2, 0.25) is 0 Å². The molecule has 0 aliphatic rings. The number of carbonyl (C=O) groups is 1. The molecule has 0 radical (unpaired) electrons. The highest BCUT2D eigenvalue weighted by atomic mass is 79.9. The standard InChI is InChI=1S/C15H15BrN4O/c1-11(8-12-6-4-3-5-7-12)9-17-19-15(21)14-13(16)10-18-20(14)2/h3-10H,1-2H3,(H,19,21)/b11-8+,17-9-. The van der Waals surface area contributed by atoms with E-state index in [1.165, 1.54) is 4.68 Å². The highest BCUT2D eigenvalue weighted by Crippen LogP contribution is 2.14. The van der Waals surface area contributed by atoms with Crippen molar-refractivity contribution in [1.29, 1.82) is 0 Å². The molecule has 0 atom stereocenters. The zero-order chi connectivity index (χ0) is 15.2. The van der Waals surface area contributed by atoms with Crippen LogP contribution >= 0.6 is 15.9 Å². The summed E-state index contributed by atoms with van der Waals surface area (Å²) in [6, 6.07) is 9.91. The summed E-state index contributed by atoms with van der Waals surface area (Å²) in [5, 5.41) is 7.93. The van der Waals surface area contributed by atoms with Crippen LogP contribution in [0.3, 0.4) is 0 Å². The topological polar surface area (TPSA) is 59.3 Å². The molecular weight excluding hydrogens is 332 g/mol. The van der Waals surface area contributed by atoms with E-state index in [0.717, 1.165) is 11.1 Å². The molecule has 6 heteroatoms. The summed E-state index contributed by atoms with van der Waals surface area (Å²) in [6.45, 7) is 1.92. The maximum absolute atomic E-state index is 12.0. The van der Waals surface area contributed by atoms with Gasteiger partial charge in [-0.05, 0) is 34.0 Å². The van der Waals surface area contributed by atoms with Crippen LogP contribution in [0.5, 0.6) is 0 Å². The SMILES string of the molecule is CC(/C=N\NC(=O)c1c(Br)cnn1C)=C\c1ccccc1. The minimum Gasteiger partial charge on any atom is -0.266 e. The van der Waals surface area contributed by atoms with Crippen LogP contribution in [0.2, 0.25) is 0 Å². The van der Waals surface area contributed by atoms with Gasteiger partial charge in [-0.1, -0.05) is 36.4 Å². The van der Waals surface area contributed by atoms with Crippen molar-refractivity contribution in [2.45, 2.75) is 6.92 Å². The van der Waals surface area contributed by atoms with Gasteiger partial charge in [0, 0.05) is 7.05 Å². The molecule has 5 nitrogen and oxygen atoms in total. The summed E-state index contributed by atoms with van der Waals surface area (Å²) in [6.07, 6.45) is 5.16. The van der Waals surface area contributed by atoms with E-state index in [0.29, 0.717) is 10.2 Å². The average Bonchev–Trinajstić information content (AvgIpc) is 2.79. The van der Waals surface area contributed by atoms with Crippen molar-refractivity contribution < 1.29 is 4.79 Å². The van der Waals surface area contributed by atoms with E-state index in [2.05, 4.69) is 31.6 Å². The van der Waals surface area contributed by atoms with E-state index in [4.69, 9.17) is 0 Å². The minimum absolute atomic E-state index is 0.314. The molecule has 0 fully saturated rings. The van der Waals surface area contributed by atoms with E-state index in [1.54, 1.807) is 19.5 Å². The van der Waals surface area contributed by atoms with Crippen molar-refractivity contribution in [3.63, 3.8) is 0 Å². The molecule has 0 saturated carbocycles. The van der Waals surface area contributed by atoms with Crippen LogP contribution in [0.1, 0.15) is 23.0 Å². The molecule has 0 saturated heterocycles. The number of benzene rings is 1. The number of amides is 1. The molecule has 1 amide bonds. The van der Waals surface area contributed by atoms with Crippen LogP contribution < -0.4 is 5.43 Å². The van der Waals surface area contributed by atoms with Gasteiger partial charge in [0.05, 0.1) is 16.9 Å². The Bertz CT molecular complexity index is 669. The second-order valence-corrected chi connectivity index (χ2v) is 5.32. The molecule has 2 rings (SSSR count). The van der Waals surface area contributed by atoms with Crippen LogP contribution in [0.25, 0.3) is 6.08 Å². The van der Waals surface area contributed by atoms with E-state index >= 15 is 0 Å². The Morgan fingerprint density at radius 3 is 2.71 bits per heavy atom. The van der Waals surface area contributed by atoms with Crippen molar-refractivity contribution in [3.8, 4) is 0 Å². The van der Waals surface area contributed by atoms with Crippen molar-refractivity contribution in [1.82, 2.24) is 15.2 Å². The Morgan fingerprint density at radius 2 is 2.10 bits per heavy atom. The second kappa shape index (κ2) is 6.99. The molecule has 108 valence electrons. The third-order valence-electron chi connectivity index (χ3n) is 2.74. The van der Waals surface area contributed by atoms with Gasteiger partial charge in [-0.3, -0.25) is 9.48 Å². The fourth-order valence-corrected chi connectivity index (χ4v) is 2.29. The summed E-state index contributed by atoms with van der Waals surface area (Å²) >= 11 is 3.28. The monoisotopic (exact) mass is 346 g/mol. The minimum atomic E-state index is -0.314. The highest BCUT2D eigenvalue weighted by Gasteiger charge is 2.14. The van der Waals surface area contributed by atoms with Crippen LogP contribution in [0, 0.1) is 0 Å². The Labute approximate surface area is 131 Å². The Hall–Kier alpha value is -2.21. The van der Waals surface area contributed by atoms with Gasteiger partial charge in [-0.2, -0.15) is 10.2 Å². The molecule has 1 aromatic heterocycles. The Balaban J connectivity index is 1.99. The molecule has 0 aliphatic heterocycles. The summed E-state index contributed by atoms with van der Waals surface area (Å²) < 4.78 is 2.12. The normalized spacial score (nSPS) is 11.9. The van der Waals surface area contributed by atoms with Gasteiger partial charge in [-0.25, -0.2) is 5.43 Å². The van der Waals surface area contributed by atoms with E-state index in [1.807, 2.05) is 43.3 Å². The second-order valence-electron chi connectivity index (χ2n) is 4.46. The molecule has 1 heterocycles. The zero-order valence-corrected chi connectivity index (χ0v) is 13.3. The van der Waals surface area contributed by atoms with Gasteiger partial charge >= 0.3 is 0 Å². The molecule has 1 N–H and O–H groups in total. The number of aryl methyl sites for hydroxylation is 1. The highest BCUT2D eigenvalue weighted by molar-refractivity contribution is 9.10. The van der Waals surface area contributed by atoms with Crippen LogP contribution in [-0.2, 0) is 7.05 Å². The summed E-state index contributed by atoms with van der Waals surface area (Å²) in [7, 11) is 1.70.